The Bertz CT molecular complexity index is 476. The lowest BCUT2D eigenvalue weighted by Crippen LogP contribution is -2.40. The Hall–Kier alpha value is -1.55. The fraction of sp³-hybridized carbons (Fsp3) is 0.611. The van der Waals surface area contributed by atoms with Gasteiger partial charge < -0.3 is 15.0 Å². The first-order valence-corrected chi connectivity index (χ1v) is 8.38. The van der Waals surface area contributed by atoms with Crippen LogP contribution < -0.4 is 10.1 Å². The normalized spacial score (nSPS) is 18.9. The second-order valence-electron chi connectivity index (χ2n) is 5.98. The molecule has 1 atom stereocenters. The van der Waals surface area contributed by atoms with Crippen LogP contribution in [0, 0.1) is 0 Å². The third-order valence-electron chi connectivity index (χ3n) is 4.33. The lowest BCUT2D eigenvalue weighted by atomic mass is 10.00. The number of rotatable bonds is 7. The molecule has 4 heteroatoms. The van der Waals surface area contributed by atoms with Gasteiger partial charge in [0.1, 0.15) is 5.75 Å². The summed E-state index contributed by atoms with van der Waals surface area (Å²) in [5, 5.41) is 3.05. The predicted octanol–water partition coefficient (Wildman–Crippen LogP) is 2.62. The molecule has 1 aliphatic heterocycles. The highest BCUT2D eigenvalue weighted by atomic mass is 16.5. The number of hydrogen-bond acceptors (Lipinski definition) is 3. The van der Waals surface area contributed by atoms with Crippen LogP contribution in [-0.2, 0) is 11.2 Å². The Labute approximate surface area is 133 Å². The van der Waals surface area contributed by atoms with Gasteiger partial charge in [-0.2, -0.15) is 0 Å². The molecule has 0 bridgehead atoms. The van der Waals surface area contributed by atoms with Crippen molar-refractivity contribution in [2.75, 3.05) is 26.7 Å². The van der Waals surface area contributed by atoms with E-state index in [0.717, 1.165) is 30.7 Å². The van der Waals surface area contributed by atoms with Gasteiger partial charge in [0.25, 0.3) is 0 Å². The van der Waals surface area contributed by atoms with Crippen LogP contribution in [0.2, 0.25) is 0 Å². The molecular weight excluding hydrogens is 276 g/mol. The molecular formula is C18H28N2O2. The number of carbonyl (C=O) groups is 1. The maximum atomic E-state index is 12.1. The number of para-hydroxylation sites is 1. The summed E-state index contributed by atoms with van der Waals surface area (Å²) in [6, 6.07) is 8.44. The molecule has 2 rings (SSSR count). The first-order chi connectivity index (χ1) is 10.7. The molecule has 1 fully saturated rings. The quantitative estimate of drug-likeness (QED) is 0.842. The lowest BCUT2D eigenvalue weighted by molar-refractivity contribution is -0.122. The number of nitrogens with one attached hydrogen (secondary N) is 1. The molecule has 1 aromatic carbocycles. The highest BCUT2D eigenvalue weighted by Crippen LogP contribution is 2.19. The Morgan fingerprint density at radius 3 is 2.95 bits per heavy atom. The molecule has 122 valence electrons. The average molecular weight is 304 g/mol. The van der Waals surface area contributed by atoms with E-state index in [1.165, 1.54) is 12.8 Å². The Morgan fingerprint density at radius 1 is 1.36 bits per heavy atom. The topological polar surface area (TPSA) is 41.6 Å². The summed E-state index contributed by atoms with van der Waals surface area (Å²) in [5.41, 5.74) is 1.15. The number of amides is 1. The van der Waals surface area contributed by atoms with Crippen molar-refractivity contribution >= 4 is 5.91 Å². The van der Waals surface area contributed by atoms with E-state index in [1.807, 2.05) is 25.1 Å². The van der Waals surface area contributed by atoms with Crippen LogP contribution >= 0.6 is 0 Å². The van der Waals surface area contributed by atoms with E-state index in [-0.39, 0.29) is 5.91 Å². The van der Waals surface area contributed by atoms with E-state index in [0.29, 0.717) is 25.6 Å². The third kappa shape index (κ3) is 5.02. The minimum absolute atomic E-state index is 0.160. The lowest BCUT2D eigenvalue weighted by Gasteiger charge is -2.31. The van der Waals surface area contributed by atoms with E-state index in [1.54, 1.807) is 0 Å². The van der Waals surface area contributed by atoms with E-state index in [4.69, 9.17) is 4.74 Å². The number of likely N-dealkylation sites (tertiary alicyclic amines) is 1. The third-order valence-corrected chi connectivity index (χ3v) is 4.33. The molecule has 22 heavy (non-hydrogen) atoms. The van der Waals surface area contributed by atoms with Crippen molar-refractivity contribution in [1.29, 1.82) is 0 Å². The van der Waals surface area contributed by atoms with Gasteiger partial charge in [-0.3, -0.25) is 4.79 Å². The van der Waals surface area contributed by atoms with Crippen molar-refractivity contribution in [3.8, 4) is 5.75 Å². The summed E-state index contributed by atoms with van der Waals surface area (Å²) in [6.45, 7) is 4.43. The number of nitrogens with zero attached hydrogens (tertiary/aromatic N) is 1. The van der Waals surface area contributed by atoms with Crippen molar-refractivity contribution in [3.05, 3.63) is 29.8 Å². The first kappa shape index (κ1) is 16.8. The minimum atomic E-state index is 0.160. The van der Waals surface area contributed by atoms with Gasteiger partial charge in [-0.1, -0.05) is 24.6 Å². The van der Waals surface area contributed by atoms with Gasteiger partial charge in [-0.05, 0) is 51.4 Å². The molecule has 0 spiro atoms. The standard InChI is InChI=1S/C18H28N2O2/c1-3-22-17-10-5-4-8-15(17)11-12-19-18(21)14-16-9-6-7-13-20(16)2/h4-5,8,10,16H,3,6-7,9,11-14H2,1-2H3,(H,19,21)/t16-/m1/s1. The second-order valence-corrected chi connectivity index (χ2v) is 5.98. The molecule has 1 N–H and O–H groups in total. The fourth-order valence-electron chi connectivity index (χ4n) is 3.03. The van der Waals surface area contributed by atoms with Gasteiger partial charge >= 0.3 is 0 Å². The summed E-state index contributed by atoms with van der Waals surface area (Å²) in [7, 11) is 2.12. The maximum absolute atomic E-state index is 12.1. The highest BCUT2D eigenvalue weighted by Gasteiger charge is 2.21. The largest absolute Gasteiger partial charge is 0.494 e. The van der Waals surface area contributed by atoms with Crippen molar-refractivity contribution in [1.82, 2.24) is 10.2 Å². The number of ether oxygens (including phenoxy) is 1. The van der Waals surface area contributed by atoms with Gasteiger partial charge in [0.2, 0.25) is 5.91 Å². The monoisotopic (exact) mass is 304 g/mol. The van der Waals surface area contributed by atoms with Crippen LogP contribution in [0.15, 0.2) is 24.3 Å². The fourth-order valence-corrected chi connectivity index (χ4v) is 3.03. The Morgan fingerprint density at radius 2 is 2.18 bits per heavy atom. The molecule has 0 radical (unpaired) electrons. The van der Waals surface area contributed by atoms with Gasteiger partial charge in [-0.25, -0.2) is 0 Å². The molecule has 1 amide bonds. The average Bonchev–Trinajstić information content (AvgIpc) is 2.51. The minimum Gasteiger partial charge on any atom is -0.494 e. The number of carbonyl (C=O) groups excluding carboxylic acids is 1. The molecule has 1 aromatic rings. The van der Waals surface area contributed by atoms with E-state index < -0.39 is 0 Å². The predicted molar refractivity (Wildman–Crippen MR) is 89.2 cm³/mol. The van der Waals surface area contributed by atoms with Gasteiger partial charge in [0, 0.05) is 19.0 Å². The van der Waals surface area contributed by atoms with Crippen molar-refractivity contribution in [2.24, 2.45) is 0 Å². The molecule has 1 aliphatic rings. The number of benzene rings is 1. The van der Waals surface area contributed by atoms with E-state index >= 15 is 0 Å². The van der Waals surface area contributed by atoms with Crippen LogP contribution in [0.3, 0.4) is 0 Å². The van der Waals surface area contributed by atoms with Crippen LogP contribution in [0.1, 0.15) is 38.2 Å². The first-order valence-electron chi connectivity index (χ1n) is 8.38. The Balaban J connectivity index is 1.75. The van der Waals surface area contributed by atoms with Crippen molar-refractivity contribution < 1.29 is 9.53 Å². The van der Waals surface area contributed by atoms with Crippen LogP contribution in [-0.4, -0.2) is 43.6 Å². The molecule has 0 aromatic heterocycles. The van der Waals surface area contributed by atoms with E-state index in [2.05, 4.69) is 23.3 Å². The Kier molecular flexibility index (Phi) is 6.72. The summed E-state index contributed by atoms with van der Waals surface area (Å²) in [4.78, 5) is 14.4. The zero-order chi connectivity index (χ0) is 15.8. The van der Waals surface area contributed by atoms with Crippen LogP contribution in [0.4, 0.5) is 0 Å². The van der Waals surface area contributed by atoms with Crippen molar-refractivity contribution in [3.63, 3.8) is 0 Å². The van der Waals surface area contributed by atoms with Crippen LogP contribution in [0.25, 0.3) is 0 Å². The summed E-state index contributed by atoms with van der Waals surface area (Å²) >= 11 is 0. The molecule has 0 aliphatic carbocycles. The second kappa shape index (κ2) is 8.79. The number of piperidine rings is 1. The van der Waals surface area contributed by atoms with Crippen LogP contribution in [0.5, 0.6) is 5.75 Å². The SMILES string of the molecule is CCOc1ccccc1CCNC(=O)C[C@H]1CCCCN1C. The van der Waals surface area contributed by atoms with Gasteiger partial charge in [0.05, 0.1) is 6.61 Å². The maximum Gasteiger partial charge on any atom is 0.221 e. The van der Waals surface area contributed by atoms with Crippen molar-refractivity contribution in [2.45, 2.75) is 45.1 Å². The zero-order valence-electron chi connectivity index (χ0n) is 13.8. The molecule has 1 heterocycles. The summed E-state index contributed by atoms with van der Waals surface area (Å²) in [5.74, 6) is 1.08. The van der Waals surface area contributed by atoms with E-state index in [9.17, 15) is 4.79 Å². The number of hydrogen-bond donors (Lipinski definition) is 1. The molecule has 1 saturated heterocycles. The molecule has 0 saturated carbocycles. The molecule has 0 unspecified atom stereocenters. The van der Waals surface area contributed by atoms with Gasteiger partial charge in [0.15, 0.2) is 0 Å². The van der Waals surface area contributed by atoms with Gasteiger partial charge in [-0.15, -0.1) is 0 Å². The highest BCUT2D eigenvalue weighted by molar-refractivity contribution is 5.76. The smallest absolute Gasteiger partial charge is 0.221 e. The molecule has 4 nitrogen and oxygen atoms in total. The zero-order valence-corrected chi connectivity index (χ0v) is 13.8. The summed E-state index contributed by atoms with van der Waals surface area (Å²) in [6.07, 6.45) is 5.05. The summed E-state index contributed by atoms with van der Waals surface area (Å²) < 4.78 is 5.61.